The monoisotopic (exact) mass is 231 g/mol. The third-order valence-corrected chi connectivity index (χ3v) is 1.66. The van der Waals surface area contributed by atoms with Gasteiger partial charge in [0.15, 0.2) is 0 Å². The first-order chi connectivity index (χ1) is 7.56. The van der Waals surface area contributed by atoms with Crippen LogP contribution in [0.5, 0.6) is 0 Å². The van der Waals surface area contributed by atoms with Crippen molar-refractivity contribution in [1.29, 1.82) is 0 Å². The van der Waals surface area contributed by atoms with Gasteiger partial charge in [0.2, 0.25) is 5.91 Å². The van der Waals surface area contributed by atoms with Crippen LogP contribution in [-0.2, 0) is 9.59 Å². The van der Waals surface area contributed by atoms with Crippen LogP contribution in [0.15, 0.2) is 0 Å². The van der Waals surface area contributed by atoms with Gasteiger partial charge < -0.3 is 21.1 Å². The van der Waals surface area contributed by atoms with E-state index in [9.17, 15) is 14.4 Å². The normalized spacial score (nSPS) is 9.31. The standard InChI is InChI=1S/C9H17N3O4/c1-2-3-4-10-9(16)12-5-7(13)11-6-8(14)15/h2-6H2,1H3,(H,11,13)(H,14,15)(H2,10,12,16). The molecule has 4 N–H and O–H groups in total. The van der Waals surface area contributed by atoms with Crippen LogP contribution in [0.3, 0.4) is 0 Å². The van der Waals surface area contributed by atoms with Gasteiger partial charge in [-0.05, 0) is 6.42 Å². The van der Waals surface area contributed by atoms with Gasteiger partial charge in [-0.15, -0.1) is 0 Å². The Bertz CT molecular complexity index is 255. The van der Waals surface area contributed by atoms with E-state index in [1.165, 1.54) is 0 Å². The largest absolute Gasteiger partial charge is 0.480 e. The molecule has 0 aliphatic carbocycles. The summed E-state index contributed by atoms with van der Waals surface area (Å²) in [6.07, 6.45) is 1.85. The van der Waals surface area contributed by atoms with Crippen molar-refractivity contribution in [3.05, 3.63) is 0 Å². The van der Waals surface area contributed by atoms with Crippen molar-refractivity contribution >= 4 is 17.9 Å². The fraction of sp³-hybridized carbons (Fsp3) is 0.667. The Balaban J connectivity index is 3.51. The van der Waals surface area contributed by atoms with E-state index in [4.69, 9.17) is 5.11 Å². The Morgan fingerprint density at radius 1 is 1.06 bits per heavy atom. The molecular formula is C9H17N3O4. The van der Waals surface area contributed by atoms with Gasteiger partial charge in [-0.1, -0.05) is 13.3 Å². The molecule has 0 saturated heterocycles. The molecule has 0 radical (unpaired) electrons. The minimum Gasteiger partial charge on any atom is -0.480 e. The van der Waals surface area contributed by atoms with Crippen molar-refractivity contribution < 1.29 is 19.5 Å². The van der Waals surface area contributed by atoms with Crippen molar-refractivity contribution in [2.75, 3.05) is 19.6 Å². The summed E-state index contributed by atoms with van der Waals surface area (Å²) in [6, 6.07) is -0.432. The van der Waals surface area contributed by atoms with Gasteiger partial charge in [0.25, 0.3) is 0 Å². The van der Waals surface area contributed by atoms with E-state index in [1.807, 2.05) is 6.92 Å². The summed E-state index contributed by atoms with van der Waals surface area (Å²) in [7, 11) is 0. The highest BCUT2D eigenvalue weighted by molar-refractivity contribution is 5.86. The molecule has 0 saturated carbocycles. The molecule has 0 unspecified atom stereocenters. The molecule has 0 fully saturated rings. The van der Waals surface area contributed by atoms with Crippen LogP contribution in [-0.4, -0.2) is 42.6 Å². The zero-order valence-corrected chi connectivity index (χ0v) is 9.21. The second-order valence-corrected chi connectivity index (χ2v) is 3.13. The highest BCUT2D eigenvalue weighted by Crippen LogP contribution is 1.81. The summed E-state index contributed by atoms with van der Waals surface area (Å²) in [5.41, 5.74) is 0. The van der Waals surface area contributed by atoms with Crippen LogP contribution < -0.4 is 16.0 Å². The van der Waals surface area contributed by atoms with E-state index in [1.54, 1.807) is 0 Å². The second-order valence-electron chi connectivity index (χ2n) is 3.13. The summed E-state index contributed by atoms with van der Waals surface area (Å²) in [5.74, 6) is -1.66. The second kappa shape index (κ2) is 8.51. The fourth-order valence-electron chi connectivity index (χ4n) is 0.838. The molecule has 16 heavy (non-hydrogen) atoms. The molecule has 3 amide bonds. The van der Waals surface area contributed by atoms with Gasteiger partial charge in [0, 0.05) is 6.54 Å². The number of carboxylic acid groups (broad SMARTS) is 1. The number of nitrogens with one attached hydrogen (secondary N) is 3. The third-order valence-electron chi connectivity index (χ3n) is 1.66. The molecule has 0 aromatic carbocycles. The number of carboxylic acids is 1. The SMILES string of the molecule is CCCCNC(=O)NCC(=O)NCC(=O)O. The van der Waals surface area contributed by atoms with E-state index in [0.29, 0.717) is 6.54 Å². The number of carbonyl (C=O) groups excluding carboxylic acids is 2. The Morgan fingerprint density at radius 3 is 2.31 bits per heavy atom. The summed E-state index contributed by atoms with van der Waals surface area (Å²) >= 11 is 0. The average molecular weight is 231 g/mol. The van der Waals surface area contributed by atoms with Gasteiger partial charge in [-0.3, -0.25) is 9.59 Å². The molecular weight excluding hydrogens is 214 g/mol. The third kappa shape index (κ3) is 8.79. The van der Waals surface area contributed by atoms with Crippen LogP contribution in [0, 0.1) is 0 Å². The summed E-state index contributed by atoms with van der Waals surface area (Å²) in [5, 5.41) is 15.3. The predicted octanol–water partition coefficient (Wildman–Crippen LogP) is -0.713. The Hall–Kier alpha value is -1.79. The maximum atomic E-state index is 11.0. The summed E-state index contributed by atoms with van der Waals surface area (Å²) < 4.78 is 0. The van der Waals surface area contributed by atoms with Crippen molar-refractivity contribution in [2.45, 2.75) is 19.8 Å². The molecule has 92 valence electrons. The van der Waals surface area contributed by atoms with Gasteiger partial charge in [-0.2, -0.15) is 0 Å². The summed E-state index contributed by atoms with van der Waals surface area (Å²) in [6.45, 7) is 1.88. The molecule has 0 bridgehead atoms. The highest BCUT2D eigenvalue weighted by atomic mass is 16.4. The minimum atomic E-state index is -1.12. The maximum Gasteiger partial charge on any atom is 0.322 e. The first-order valence-electron chi connectivity index (χ1n) is 5.06. The van der Waals surface area contributed by atoms with E-state index in [-0.39, 0.29) is 6.54 Å². The number of carbonyl (C=O) groups is 3. The number of rotatable bonds is 7. The zero-order valence-electron chi connectivity index (χ0n) is 9.21. The quantitative estimate of drug-likeness (QED) is 0.434. The minimum absolute atomic E-state index is 0.231. The predicted molar refractivity (Wildman–Crippen MR) is 57.0 cm³/mol. The Morgan fingerprint density at radius 2 is 1.75 bits per heavy atom. The number of amides is 3. The lowest BCUT2D eigenvalue weighted by molar-refractivity contribution is -0.137. The average Bonchev–Trinajstić information content (AvgIpc) is 2.24. The first kappa shape index (κ1) is 14.2. The molecule has 0 aromatic rings. The van der Waals surface area contributed by atoms with Gasteiger partial charge in [0.05, 0.1) is 6.54 Å². The van der Waals surface area contributed by atoms with Gasteiger partial charge >= 0.3 is 12.0 Å². The van der Waals surface area contributed by atoms with Gasteiger partial charge in [-0.25, -0.2) is 4.79 Å². The van der Waals surface area contributed by atoms with E-state index < -0.39 is 24.5 Å². The van der Waals surface area contributed by atoms with Crippen LogP contribution >= 0.6 is 0 Å². The van der Waals surface area contributed by atoms with E-state index in [0.717, 1.165) is 12.8 Å². The lowest BCUT2D eigenvalue weighted by atomic mass is 10.3. The van der Waals surface area contributed by atoms with E-state index in [2.05, 4.69) is 16.0 Å². The molecule has 0 spiro atoms. The summed E-state index contributed by atoms with van der Waals surface area (Å²) in [4.78, 5) is 32.1. The molecule has 0 heterocycles. The van der Waals surface area contributed by atoms with Crippen molar-refractivity contribution in [3.63, 3.8) is 0 Å². The van der Waals surface area contributed by atoms with Crippen molar-refractivity contribution in [2.24, 2.45) is 0 Å². The number of hydrogen-bond acceptors (Lipinski definition) is 3. The topological polar surface area (TPSA) is 108 Å². The zero-order chi connectivity index (χ0) is 12.4. The Labute approximate surface area is 93.6 Å². The Kier molecular flexibility index (Phi) is 7.56. The number of unbranched alkanes of at least 4 members (excludes halogenated alkanes) is 1. The molecule has 7 nitrogen and oxygen atoms in total. The smallest absolute Gasteiger partial charge is 0.322 e. The molecule has 0 aliphatic heterocycles. The van der Waals surface area contributed by atoms with Gasteiger partial charge in [0.1, 0.15) is 6.54 Å². The van der Waals surface area contributed by atoms with E-state index >= 15 is 0 Å². The fourth-order valence-corrected chi connectivity index (χ4v) is 0.838. The van der Waals surface area contributed by atoms with Crippen LogP contribution in [0.25, 0.3) is 0 Å². The maximum absolute atomic E-state index is 11.0. The molecule has 7 heteroatoms. The molecule has 0 aliphatic rings. The van der Waals surface area contributed by atoms with Crippen LogP contribution in [0.2, 0.25) is 0 Å². The number of aliphatic carboxylic acids is 1. The van der Waals surface area contributed by atoms with Crippen LogP contribution in [0.4, 0.5) is 4.79 Å². The molecule has 0 atom stereocenters. The number of urea groups is 1. The molecule has 0 rings (SSSR count). The lowest BCUT2D eigenvalue weighted by Crippen LogP contribution is -2.43. The number of hydrogen-bond donors (Lipinski definition) is 4. The highest BCUT2D eigenvalue weighted by Gasteiger charge is 2.05. The van der Waals surface area contributed by atoms with Crippen LogP contribution in [0.1, 0.15) is 19.8 Å². The molecule has 0 aromatic heterocycles. The van der Waals surface area contributed by atoms with Crippen molar-refractivity contribution in [3.8, 4) is 0 Å². The first-order valence-corrected chi connectivity index (χ1v) is 5.06. The van der Waals surface area contributed by atoms with Crippen molar-refractivity contribution in [1.82, 2.24) is 16.0 Å². The lowest BCUT2D eigenvalue weighted by Gasteiger charge is -2.06.